The van der Waals surface area contributed by atoms with Crippen LogP contribution in [0.3, 0.4) is 0 Å². The van der Waals surface area contributed by atoms with Gasteiger partial charge in [-0.2, -0.15) is 0 Å². The second-order valence-corrected chi connectivity index (χ2v) is 33.9. The number of rotatable bonds is 11. The first-order valence-electron chi connectivity index (χ1n) is 50.9. The van der Waals surface area contributed by atoms with Crippen molar-refractivity contribution in [1.82, 2.24) is 19.1 Å². The van der Waals surface area contributed by atoms with Gasteiger partial charge in [-0.1, -0.05) is 75.6 Å². The summed E-state index contributed by atoms with van der Waals surface area (Å²) in [5.74, 6) is 0.650. The van der Waals surface area contributed by atoms with Crippen LogP contribution in [0, 0.1) is 6.33 Å². The van der Waals surface area contributed by atoms with Gasteiger partial charge < -0.3 is 0 Å². The summed E-state index contributed by atoms with van der Waals surface area (Å²) in [6, 6.07) is 50.2. The number of fused-ring (bicyclic) bond motifs is 9. The van der Waals surface area contributed by atoms with Gasteiger partial charge in [0, 0.05) is 43.9 Å². The van der Waals surface area contributed by atoms with Gasteiger partial charge in [0.2, 0.25) is 0 Å². The van der Waals surface area contributed by atoms with Crippen LogP contribution < -0.4 is 27.0 Å². The molecule has 2 aliphatic carbocycles. The van der Waals surface area contributed by atoms with Gasteiger partial charge in [0.25, 0.3) is 0 Å². The average Bonchev–Trinajstić information content (AvgIpc) is 0.982. The standard InChI is InChI=1S/C91H83GeN5O2/c1-87(2,3)61-44-49-93-84(52-61)97-77-36-23-21-32-69(77)70-41-40-65(53-78(70)97)98-66-54-83(92(62-26-15-12-16-27-62,63-28-17-13-18-29-63)64-30-19-14-20-31-64)94-85(55-66)95-58-96(79-56-72-71-33-22-24-37-81(71)99-82(72)57-80(79)95)86-67(59-38-42-73-75(50-59)90(8,9)47-45-88(73,4)5)34-25-35-68(86)60-39-43-74-76(51-60)91(10,11)48-46-89(74,6)7/h12-44,49-57H,45-48H2,1-11H3/i4D3,5D3,6D3,7D3,8D3,9D3,10D3,11D3,38D,39D,42D,43D,45D2,46D2,47D2,48D2,50D,51D. The second-order valence-electron chi connectivity index (χ2n) is 26.1. The van der Waals surface area contributed by atoms with E-state index in [0.29, 0.717) is 21.2 Å². The number of para-hydroxylation sites is 3. The first-order chi connectivity index (χ1) is 63.3. The Labute approximate surface area is 637 Å². The van der Waals surface area contributed by atoms with Crippen LogP contribution in [0.2, 0.25) is 0 Å². The zero-order valence-electron chi connectivity index (χ0n) is 91.3. The van der Waals surface area contributed by atoms with Gasteiger partial charge in [0.05, 0.1) is 0 Å². The van der Waals surface area contributed by atoms with Crippen molar-refractivity contribution in [1.29, 1.82) is 0 Å². The van der Waals surface area contributed by atoms with Gasteiger partial charge in [0.1, 0.15) is 0 Å². The monoisotopic (exact) mass is 1390 g/mol. The third-order valence-corrected chi connectivity index (χ3v) is 28.4. The summed E-state index contributed by atoms with van der Waals surface area (Å²) in [7, 11) is 0. The molecular weight excluding hydrogens is 1270 g/mol. The summed E-state index contributed by atoms with van der Waals surface area (Å²) in [6.07, 6.45) is -14.5. The Bertz CT molecular complexity index is 7120. The fourth-order valence-electron chi connectivity index (χ4n) is 13.9. The van der Waals surface area contributed by atoms with Crippen molar-refractivity contribution in [2.75, 3.05) is 0 Å². The molecule has 0 atom stereocenters. The molecule has 8 heteroatoms. The minimum Gasteiger partial charge on any atom is -0.0558 e. The number of nitrogens with zero attached hydrogens (tertiary/aromatic N) is 5. The molecule has 17 rings (SSSR count). The van der Waals surface area contributed by atoms with E-state index in [0.717, 1.165) is 57.8 Å². The molecule has 488 valence electrons. The molecule has 5 heterocycles. The summed E-state index contributed by atoms with van der Waals surface area (Å²) >= 11 is -4.95. The van der Waals surface area contributed by atoms with E-state index in [1.54, 1.807) is 42.6 Å². The Kier molecular flexibility index (Phi) is 7.82. The number of benzene rings is 10. The Morgan fingerprint density at radius 3 is 1.66 bits per heavy atom. The van der Waals surface area contributed by atoms with Gasteiger partial charge in [-0.3, -0.25) is 0 Å². The van der Waals surface area contributed by atoms with E-state index in [1.165, 1.54) is 22.8 Å². The van der Waals surface area contributed by atoms with Crippen molar-refractivity contribution >= 4 is 85.8 Å². The van der Waals surface area contributed by atoms with E-state index >= 15 is 0 Å². The minimum absolute atomic E-state index is 0.0395. The SMILES string of the molecule is [2H]c1c([2H])c2c(c([2H])c1-c1cccc(-c3c([2H])c([2H])c4c(c3[2H])C(C([2H])([2H])[2H])(C([2H])([2H])[2H])C([2H])([2H])C([2H])([2H])C4(C([2H])([2H])[2H])C([2H])([2H])[2H])c1-[n+]1[c-]n(-c3cc(Oc4ccc5c6ccccc6n(-c6cc(C(C)(C)C)ccn6)c5c4)c[c]([Ge]([c]4ccccc4)([c]4ccccc4)[c]4ccccc4)n3)c3cc4oc5ccccc5c4cc31)C(C([2H])([2H])[2H])(C([2H])([2H])[2H])C([2H])([2H])C([2H])([2H])C2(C([2H])([2H])[2H])C([2H])([2H])[2H]. The third kappa shape index (κ3) is 10.3. The summed E-state index contributed by atoms with van der Waals surface area (Å²) in [5, 5.41) is 2.17. The molecule has 0 saturated heterocycles. The predicted molar refractivity (Wildman–Crippen MR) is 411 cm³/mol. The number of aromatic nitrogens is 5. The Morgan fingerprint density at radius 2 is 1.06 bits per heavy atom. The number of ether oxygens (including phenoxy) is 1. The maximum absolute atomic E-state index is 10.8. The Hall–Kier alpha value is -10.1. The van der Waals surface area contributed by atoms with E-state index in [-0.39, 0.29) is 50.3 Å². The van der Waals surface area contributed by atoms with Crippen LogP contribution in [0.25, 0.3) is 94.4 Å². The number of pyridine rings is 2. The molecule has 0 radical (unpaired) electrons. The van der Waals surface area contributed by atoms with Crippen molar-refractivity contribution < 1.29 is 65.8 Å². The molecule has 10 aromatic carbocycles. The van der Waals surface area contributed by atoms with E-state index in [4.69, 9.17) is 35.6 Å². The molecular formula is C91H83GeN5O2. The summed E-state index contributed by atoms with van der Waals surface area (Å²) in [5.41, 5.74) is -30.4. The first-order valence-corrected chi connectivity index (χ1v) is 36.1. The first kappa shape index (κ1) is 33.6. The minimum atomic E-state index is -4.95. The van der Waals surface area contributed by atoms with Gasteiger partial charge in [-0.25, -0.2) is 0 Å². The van der Waals surface area contributed by atoms with Gasteiger partial charge in [-0.05, 0) is 36.3 Å². The Balaban J connectivity index is 1.10. The molecule has 0 amide bonds. The molecule has 15 aromatic rings. The number of furan rings is 1. The maximum atomic E-state index is 10.8. The summed E-state index contributed by atoms with van der Waals surface area (Å²) in [4.78, 5) is 10.7. The van der Waals surface area contributed by atoms with Gasteiger partial charge in [0.15, 0.2) is 0 Å². The Morgan fingerprint density at radius 1 is 0.505 bits per heavy atom. The molecule has 0 aliphatic heterocycles. The number of hydrogen-bond acceptors (Lipinski definition) is 4. The van der Waals surface area contributed by atoms with Crippen LogP contribution in [0.5, 0.6) is 11.5 Å². The predicted octanol–water partition coefficient (Wildman–Crippen LogP) is 20.0. The van der Waals surface area contributed by atoms with E-state index in [2.05, 4.69) is 27.1 Å². The van der Waals surface area contributed by atoms with E-state index < -0.39 is 202 Å². The zero-order valence-corrected chi connectivity index (χ0v) is 55.4. The molecule has 5 aromatic heterocycles. The van der Waals surface area contributed by atoms with E-state index in [9.17, 15) is 35.6 Å². The van der Waals surface area contributed by atoms with Crippen LogP contribution in [0.4, 0.5) is 0 Å². The summed E-state index contributed by atoms with van der Waals surface area (Å²) < 4.78 is 385. The molecule has 2 aliphatic rings. The van der Waals surface area contributed by atoms with E-state index in [1.807, 2.05) is 144 Å². The van der Waals surface area contributed by atoms with Crippen molar-refractivity contribution in [2.24, 2.45) is 0 Å². The second kappa shape index (κ2) is 23.0. The van der Waals surface area contributed by atoms with Crippen molar-refractivity contribution in [3.63, 3.8) is 0 Å². The molecule has 7 nitrogen and oxygen atoms in total. The smallest absolute Gasteiger partial charge is 0.0558 e. The molecule has 0 fully saturated rings. The molecule has 99 heavy (non-hydrogen) atoms. The molecule has 0 spiro atoms. The molecule has 0 bridgehead atoms. The van der Waals surface area contributed by atoms with Crippen molar-refractivity contribution in [2.45, 2.75) is 128 Å². The number of hydrogen-bond donors (Lipinski definition) is 0. The fourth-order valence-corrected chi connectivity index (χ4v) is 23.6. The van der Waals surface area contributed by atoms with Crippen molar-refractivity contribution in [3.05, 3.63) is 289 Å². The average molecular weight is 1390 g/mol. The van der Waals surface area contributed by atoms with Crippen molar-refractivity contribution in [3.8, 4) is 51.1 Å². The third-order valence-electron chi connectivity index (χ3n) is 18.7. The van der Waals surface area contributed by atoms with Crippen LogP contribution in [-0.2, 0) is 27.1 Å². The van der Waals surface area contributed by atoms with Crippen LogP contribution >= 0.6 is 0 Å². The van der Waals surface area contributed by atoms with Crippen LogP contribution in [0.1, 0.15) is 181 Å². The summed E-state index contributed by atoms with van der Waals surface area (Å²) in [6.45, 7) is -30.7. The zero-order chi connectivity index (χ0) is 100. The fraction of sp³-hybridized carbons (Fsp3) is 0.220. The normalized spacial score (nSPS) is 24.3. The quantitative estimate of drug-likeness (QED) is 0.0735. The topological polar surface area (TPSA) is 61.9 Å². The van der Waals surface area contributed by atoms with Crippen LogP contribution in [-0.4, -0.2) is 32.4 Å². The van der Waals surface area contributed by atoms with Gasteiger partial charge in [-0.15, -0.1) is 0 Å². The van der Waals surface area contributed by atoms with Gasteiger partial charge >= 0.3 is 483 Å². The molecule has 0 unspecified atom stereocenters. The number of imidazole rings is 1. The van der Waals surface area contributed by atoms with Crippen LogP contribution in [0.15, 0.2) is 259 Å². The molecule has 0 saturated carbocycles. The molecule has 0 N–H and O–H groups in total.